The van der Waals surface area contributed by atoms with Crippen molar-refractivity contribution < 1.29 is 0 Å². The summed E-state index contributed by atoms with van der Waals surface area (Å²) in [5.74, 6) is 1.16. The molecule has 0 fully saturated rings. The molecule has 2 aromatic heterocycles. The summed E-state index contributed by atoms with van der Waals surface area (Å²) < 4.78 is 4.91. The number of aromatic nitrogens is 3. The monoisotopic (exact) mass is 571 g/mol. The summed E-state index contributed by atoms with van der Waals surface area (Å²) >= 11 is 0. The summed E-state index contributed by atoms with van der Waals surface area (Å²) in [6, 6.07) is 16.1. The van der Waals surface area contributed by atoms with Crippen LogP contribution in [-0.2, 0) is 32.7 Å². The second-order valence-corrected chi connectivity index (χ2v) is 18.5. The maximum Gasteiger partial charge on any atom is 0.115 e. The van der Waals surface area contributed by atoms with Gasteiger partial charge in [-0.15, -0.1) is 0 Å². The molecule has 0 N–H and O–H groups in total. The normalized spacial score (nSPS) is 14.0. The summed E-state index contributed by atoms with van der Waals surface area (Å²) in [6.07, 6.45) is 0. The molecule has 0 saturated heterocycles. The number of rotatable bonds is 0. The average molecular weight is 572 g/mol. The van der Waals surface area contributed by atoms with Gasteiger partial charge in [-0.05, 0) is 93.8 Å². The van der Waals surface area contributed by atoms with E-state index in [1.165, 1.54) is 33.2 Å². The van der Waals surface area contributed by atoms with Crippen molar-refractivity contribution in [2.24, 2.45) is 0 Å². The zero-order chi connectivity index (χ0) is 32.4. The minimum Gasteiger partial charge on any atom is -0.339 e. The molecule has 0 unspecified atom stereocenters. The third kappa shape index (κ3) is 7.14. The lowest BCUT2D eigenvalue weighted by Gasteiger charge is -2.31. The van der Waals surface area contributed by atoms with Gasteiger partial charge in [0.2, 0.25) is 0 Å². The van der Waals surface area contributed by atoms with E-state index < -0.39 is 0 Å². The molecule has 0 radical (unpaired) electrons. The van der Waals surface area contributed by atoms with E-state index in [2.05, 4.69) is 176 Å². The van der Waals surface area contributed by atoms with Gasteiger partial charge < -0.3 is 9.13 Å². The zero-order valence-corrected chi connectivity index (χ0v) is 30.4. The highest BCUT2D eigenvalue weighted by atomic mass is 15.1. The molecule has 0 saturated carbocycles. The minimum atomic E-state index is 0.0284. The number of nitrogens with zero attached hydrogens (tertiary/aromatic N) is 3. The van der Waals surface area contributed by atoms with Gasteiger partial charge in [0, 0.05) is 38.5 Å². The number of imidazole rings is 1. The van der Waals surface area contributed by atoms with Gasteiger partial charge in [0.1, 0.15) is 5.82 Å². The minimum absolute atomic E-state index is 0.0284. The molecule has 2 heterocycles. The zero-order valence-electron chi connectivity index (χ0n) is 30.4. The van der Waals surface area contributed by atoms with Gasteiger partial charge in [0.15, 0.2) is 0 Å². The van der Waals surface area contributed by atoms with E-state index in [9.17, 15) is 0 Å². The highest BCUT2D eigenvalue weighted by Gasteiger charge is 2.30. The Morgan fingerprint density at radius 3 is 1.31 bits per heavy atom. The first-order valence-electron chi connectivity index (χ1n) is 15.8. The van der Waals surface area contributed by atoms with Crippen LogP contribution in [0, 0.1) is 0 Å². The average Bonchev–Trinajstić information content (AvgIpc) is 3.36. The Balaban J connectivity index is 0.000000230. The van der Waals surface area contributed by atoms with E-state index in [0.717, 1.165) is 11.3 Å². The van der Waals surface area contributed by atoms with Crippen LogP contribution in [0.15, 0.2) is 42.5 Å². The van der Waals surface area contributed by atoms with Gasteiger partial charge in [-0.3, -0.25) is 0 Å². The molecule has 4 rings (SSSR count). The summed E-state index contributed by atoms with van der Waals surface area (Å²) in [7, 11) is 0. The van der Waals surface area contributed by atoms with E-state index in [-0.39, 0.29) is 32.7 Å². The second kappa shape index (κ2) is 10.6. The molecule has 3 heteroatoms. The highest BCUT2D eigenvalue weighted by Crippen LogP contribution is 2.37. The van der Waals surface area contributed by atoms with E-state index in [4.69, 9.17) is 4.98 Å². The molecule has 0 bridgehead atoms. The first-order valence-corrected chi connectivity index (χ1v) is 15.8. The Morgan fingerprint density at radius 1 is 0.452 bits per heavy atom. The third-order valence-electron chi connectivity index (χ3n) is 7.97. The lowest BCUT2D eigenvalue weighted by molar-refractivity contribution is 0.364. The first kappa shape index (κ1) is 33.9. The Hall–Kier alpha value is -2.55. The van der Waals surface area contributed by atoms with Gasteiger partial charge in [0.25, 0.3) is 0 Å². The predicted molar refractivity (Wildman–Crippen MR) is 186 cm³/mol. The van der Waals surface area contributed by atoms with Crippen LogP contribution in [-0.4, -0.2) is 14.1 Å². The Kier molecular flexibility index (Phi) is 8.54. The fraction of sp³-hybridized carbons (Fsp3) is 0.615. The standard InChI is InChI=1S/C20H31N.C19H30N2/c1-18(2,3)15-10-11-16-14(12-15)13-17(19(4,5)6)21(16)20(7,8)9;1-17(2,3)13-10-11-15-14(12-13)20-16(18(4,5)6)21(15)19(7,8)9/h10-13H,1-9H3;10-12H,1-9H3. The lowest BCUT2D eigenvalue weighted by atomic mass is 9.86. The third-order valence-corrected chi connectivity index (χ3v) is 7.97. The van der Waals surface area contributed by atoms with Gasteiger partial charge in [-0.2, -0.15) is 0 Å². The Labute approximate surface area is 258 Å². The van der Waals surface area contributed by atoms with E-state index in [0.29, 0.717) is 0 Å². The molecule has 0 amide bonds. The summed E-state index contributed by atoms with van der Waals surface area (Å²) in [4.78, 5) is 4.99. The van der Waals surface area contributed by atoms with Gasteiger partial charge >= 0.3 is 0 Å². The number of fused-ring (bicyclic) bond motifs is 2. The fourth-order valence-electron chi connectivity index (χ4n) is 5.69. The maximum atomic E-state index is 4.99. The van der Waals surface area contributed by atoms with Crippen molar-refractivity contribution in [3.05, 3.63) is 65.1 Å². The van der Waals surface area contributed by atoms with Crippen LogP contribution in [0.3, 0.4) is 0 Å². The van der Waals surface area contributed by atoms with E-state index in [1.54, 1.807) is 0 Å². The van der Waals surface area contributed by atoms with Crippen molar-refractivity contribution in [1.82, 2.24) is 14.1 Å². The number of benzene rings is 2. The molecular weight excluding hydrogens is 510 g/mol. The lowest BCUT2D eigenvalue weighted by Crippen LogP contribution is -2.29. The van der Waals surface area contributed by atoms with Crippen LogP contribution in [0.2, 0.25) is 0 Å². The first-order chi connectivity index (χ1) is 18.6. The summed E-state index contributed by atoms with van der Waals surface area (Å²) in [5, 5.41) is 1.36. The Bertz CT molecular complexity index is 1430. The molecule has 2 aromatic carbocycles. The van der Waals surface area contributed by atoms with Crippen LogP contribution in [0.5, 0.6) is 0 Å². The second-order valence-electron chi connectivity index (χ2n) is 18.5. The van der Waals surface area contributed by atoms with Crippen LogP contribution >= 0.6 is 0 Å². The largest absolute Gasteiger partial charge is 0.339 e. The molecule has 0 aliphatic rings. The van der Waals surface area contributed by atoms with Crippen molar-refractivity contribution in [3.63, 3.8) is 0 Å². The SMILES string of the molecule is CC(C)(C)c1ccc2c(c1)cc(C(C)(C)C)n2C(C)(C)C.CC(C)(C)c1ccc2c(c1)nc(C(C)(C)C)n2C(C)(C)C. The van der Waals surface area contributed by atoms with Crippen molar-refractivity contribution in [1.29, 1.82) is 0 Å². The molecular formula is C39H61N3. The van der Waals surface area contributed by atoms with Gasteiger partial charge in [0.05, 0.1) is 11.0 Å². The summed E-state index contributed by atoms with van der Waals surface area (Å²) in [6.45, 7) is 40.8. The van der Waals surface area contributed by atoms with Crippen molar-refractivity contribution in [3.8, 4) is 0 Å². The maximum absolute atomic E-state index is 4.99. The van der Waals surface area contributed by atoms with Crippen molar-refractivity contribution >= 4 is 21.9 Å². The smallest absolute Gasteiger partial charge is 0.115 e. The van der Waals surface area contributed by atoms with Crippen LogP contribution in [0.1, 0.15) is 147 Å². The molecule has 0 atom stereocenters. The fourth-order valence-corrected chi connectivity index (χ4v) is 5.69. The van der Waals surface area contributed by atoms with E-state index >= 15 is 0 Å². The van der Waals surface area contributed by atoms with Crippen LogP contribution in [0.4, 0.5) is 0 Å². The highest BCUT2D eigenvalue weighted by molar-refractivity contribution is 5.83. The van der Waals surface area contributed by atoms with Crippen LogP contribution < -0.4 is 0 Å². The molecule has 0 aliphatic heterocycles. The predicted octanol–water partition coefficient (Wildman–Crippen LogP) is 11.4. The molecule has 4 aromatic rings. The quantitative estimate of drug-likeness (QED) is 0.206. The number of hydrogen-bond acceptors (Lipinski definition) is 1. The molecule has 0 spiro atoms. The topological polar surface area (TPSA) is 22.8 Å². The molecule has 232 valence electrons. The van der Waals surface area contributed by atoms with Gasteiger partial charge in [-0.25, -0.2) is 4.98 Å². The van der Waals surface area contributed by atoms with Crippen LogP contribution in [0.25, 0.3) is 21.9 Å². The van der Waals surface area contributed by atoms with Crippen molar-refractivity contribution in [2.45, 2.75) is 157 Å². The van der Waals surface area contributed by atoms with Gasteiger partial charge in [-0.1, -0.05) is 95.2 Å². The number of hydrogen-bond donors (Lipinski definition) is 0. The van der Waals surface area contributed by atoms with Crippen molar-refractivity contribution in [2.75, 3.05) is 0 Å². The molecule has 42 heavy (non-hydrogen) atoms. The summed E-state index contributed by atoms with van der Waals surface area (Å²) in [5.41, 5.74) is 8.51. The molecule has 0 aliphatic carbocycles. The Morgan fingerprint density at radius 2 is 0.905 bits per heavy atom. The van der Waals surface area contributed by atoms with E-state index in [1.807, 2.05) is 0 Å². The molecule has 3 nitrogen and oxygen atoms in total.